The van der Waals surface area contributed by atoms with Gasteiger partial charge in [-0.1, -0.05) is 23.7 Å². The van der Waals surface area contributed by atoms with Crippen molar-refractivity contribution in [1.29, 1.82) is 0 Å². The van der Waals surface area contributed by atoms with Gasteiger partial charge in [0.25, 0.3) is 11.8 Å². The number of hydrogen-bond donors (Lipinski definition) is 1. The van der Waals surface area contributed by atoms with Crippen LogP contribution in [0.4, 0.5) is 4.79 Å². The Hall–Kier alpha value is -3.26. The number of hydrazine groups is 1. The Balaban J connectivity index is 1.59. The van der Waals surface area contributed by atoms with Gasteiger partial charge in [-0.2, -0.15) is 0 Å². The molecule has 1 aromatic carbocycles. The van der Waals surface area contributed by atoms with Crippen LogP contribution in [0.2, 0.25) is 5.02 Å². The summed E-state index contributed by atoms with van der Waals surface area (Å²) in [6, 6.07) is 9.65. The molecule has 0 saturated carbocycles. The fourth-order valence-corrected chi connectivity index (χ4v) is 3.31. The molecule has 1 N–H and O–H groups in total. The first-order valence-corrected chi connectivity index (χ1v) is 8.97. The van der Waals surface area contributed by atoms with Crippen LogP contribution in [0.3, 0.4) is 0 Å². The lowest BCUT2D eigenvalue weighted by atomic mass is 10.1. The maximum Gasteiger partial charge on any atom is 0.327 e. The molecule has 2 aromatic rings. The number of carbonyl (C=O) groups excluding carboxylic acids is 3. The number of nitrogens with zero attached hydrogens (tertiary/aromatic N) is 3. The van der Waals surface area contributed by atoms with Crippen molar-refractivity contribution in [2.45, 2.75) is 6.04 Å². The van der Waals surface area contributed by atoms with Crippen LogP contribution in [0.25, 0.3) is 5.70 Å². The molecule has 28 heavy (non-hydrogen) atoms. The van der Waals surface area contributed by atoms with Crippen molar-refractivity contribution in [1.82, 2.24) is 20.2 Å². The van der Waals surface area contributed by atoms with E-state index < -0.39 is 23.9 Å². The van der Waals surface area contributed by atoms with Gasteiger partial charge in [0.15, 0.2) is 0 Å². The summed E-state index contributed by atoms with van der Waals surface area (Å²) in [6.45, 7) is -0.386. The molecule has 0 bridgehead atoms. The van der Waals surface area contributed by atoms with E-state index in [0.29, 0.717) is 16.5 Å². The molecule has 4 amide bonds. The summed E-state index contributed by atoms with van der Waals surface area (Å²) in [5, 5.41) is 1.97. The lowest BCUT2D eigenvalue weighted by Crippen LogP contribution is -2.47. The van der Waals surface area contributed by atoms with Crippen molar-refractivity contribution in [3.63, 3.8) is 0 Å². The average Bonchev–Trinajstić information content (AvgIpc) is 3.39. The Morgan fingerprint density at radius 3 is 2.61 bits per heavy atom. The third kappa shape index (κ3) is 3.22. The van der Waals surface area contributed by atoms with Crippen LogP contribution < -0.4 is 5.43 Å². The van der Waals surface area contributed by atoms with E-state index in [9.17, 15) is 14.4 Å². The van der Waals surface area contributed by atoms with Gasteiger partial charge < -0.3 is 9.32 Å². The molecule has 8 nitrogen and oxygen atoms in total. The van der Waals surface area contributed by atoms with Gasteiger partial charge in [-0.05, 0) is 35.9 Å². The first-order chi connectivity index (χ1) is 13.4. The van der Waals surface area contributed by atoms with Crippen LogP contribution in [0, 0.1) is 0 Å². The Kier molecular flexibility index (Phi) is 4.56. The number of urea groups is 1. The molecular weight excluding hydrogens is 384 g/mol. The average molecular weight is 401 g/mol. The van der Waals surface area contributed by atoms with Gasteiger partial charge >= 0.3 is 6.03 Å². The maximum atomic E-state index is 12.9. The molecule has 0 radical (unpaired) electrons. The lowest BCUT2D eigenvalue weighted by molar-refractivity contribution is -0.139. The standard InChI is InChI=1S/C19H17ClN4O4/c1-22-10-17(25)23(19(22)27)11-18(26)24-15(16-3-2-8-28-16)9-14(21-24)12-4-6-13(20)7-5-12/h2-9,15,21H,10-11H2,1H3/t15-/m1/s1. The molecule has 1 atom stereocenters. The molecule has 0 unspecified atom stereocenters. The zero-order chi connectivity index (χ0) is 19.8. The van der Waals surface area contributed by atoms with Crippen LogP contribution >= 0.6 is 11.6 Å². The Labute approximate surface area is 165 Å². The summed E-state index contributed by atoms with van der Waals surface area (Å²) in [6.07, 6.45) is 3.37. The van der Waals surface area contributed by atoms with Gasteiger partial charge in [0.1, 0.15) is 24.9 Å². The molecule has 0 spiro atoms. The van der Waals surface area contributed by atoms with E-state index in [1.54, 1.807) is 24.3 Å². The number of hydrogen-bond acceptors (Lipinski definition) is 5. The molecule has 2 aliphatic rings. The Morgan fingerprint density at radius 1 is 1.25 bits per heavy atom. The minimum Gasteiger partial charge on any atom is -0.467 e. The number of furan rings is 1. The quantitative estimate of drug-likeness (QED) is 0.795. The van der Waals surface area contributed by atoms with Crippen LogP contribution in [-0.2, 0) is 9.59 Å². The molecule has 3 heterocycles. The highest BCUT2D eigenvalue weighted by molar-refractivity contribution is 6.30. The Bertz CT molecular complexity index is 955. The summed E-state index contributed by atoms with van der Waals surface area (Å²) in [7, 11) is 1.52. The van der Waals surface area contributed by atoms with Crippen molar-refractivity contribution in [3.8, 4) is 0 Å². The van der Waals surface area contributed by atoms with Crippen molar-refractivity contribution in [2.24, 2.45) is 0 Å². The monoisotopic (exact) mass is 400 g/mol. The van der Waals surface area contributed by atoms with Crippen LogP contribution in [-0.4, -0.2) is 52.8 Å². The number of likely N-dealkylation sites (N-methyl/N-ethyl adjacent to an activating group) is 1. The van der Waals surface area contributed by atoms with Gasteiger partial charge in [-0.15, -0.1) is 0 Å². The third-order valence-corrected chi connectivity index (χ3v) is 4.88. The number of nitrogens with one attached hydrogen (secondary N) is 1. The smallest absolute Gasteiger partial charge is 0.327 e. The first-order valence-electron chi connectivity index (χ1n) is 8.59. The highest BCUT2D eigenvalue weighted by atomic mass is 35.5. The van der Waals surface area contributed by atoms with Crippen molar-refractivity contribution < 1.29 is 18.8 Å². The highest BCUT2D eigenvalue weighted by Crippen LogP contribution is 2.32. The summed E-state index contributed by atoms with van der Waals surface area (Å²) in [5.74, 6) is -0.278. The highest BCUT2D eigenvalue weighted by Gasteiger charge is 2.39. The van der Waals surface area contributed by atoms with Crippen LogP contribution in [0.15, 0.2) is 53.2 Å². The molecule has 1 aromatic heterocycles. The topological polar surface area (TPSA) is 86.1 Å². The number of amides is 4. The van der Waals surface area contributed by atoms with Gasteiger partial charge in [-0.25, -0.2) is 9.80 Å². The number of imide groups is 1. The predicted molar refractivity (Wildman–Crippen MR) is 101 cm³/mol. The molecule has 4 rings (SSSR count). The zero-order valence-electron chi connectivity index (χ0n) is 15.0. The van der Waals surface area contributed by atoms with Gasteiger partial charge in [0.05, 0.1) is 12.0 Å². The van der Waals surface area contributed by atoms with E-state index in [1.165, 1.54) is 23.2 Å². The summed E-state index contributed by atoms with van der Waals surface area (Å²) < 4.78 is 5.48. The second kappa shape index (κ2) is 7.05. The Morgan fingerprint density at radius 2 is 2.00 bits per heavy atom. The largest absolute Gasteiger partial charge is 0.467 e. The van der Waals surface area contributed by atoms with Gasteiger partial charge in [0.2, 0.25) is 0 Å². The number of rotatable bonds is 4. The summed E-state index contributed by atoms with van der Waals surface area (Å²) in [5.41, 5.74) is 4.59. The van der Waals surface area contributed by atoms with E-state index >= 15 is 0 Å². The fourth-order valence-electron chi connectivity index (χ4n) is 3.18. The summed E-state index contributed by atoms with van der Waals surface area (Å²) >= 11 is 5.95. The molecule has 0 aliphatic carbocycles. The minimum atomic E-state index is -0.515. The normalized spacial score (nSPS) is 19.3. The molecule has 144 valence electrons. The molecule has 1 saturated heterocycles. The molecule has 2 aliphatic heterocycles. The fraction of sp³-hybridized carbons (Fsp3) is 0.211. The van der Waals surface area contributed by atoms with E-state index in [-0.39, 0.29) is 13.1 Å². The third-order valence-electron chi connectivity index (χ3n) is 4.63. The van der Waals surface area contributed by atoms with Crippen molar-refractivity contribution in [3.05, 3.63) is 65.1 Å². The summed E-state index contributed by atoms with van der Waals surface area (Å²) in [4.78, 5) is 39.2. The maximum absolute atomic E-state index is 12.9. The second-order valence-electron chi connectivity index (χ2n) is 6.54. The SMILES string of the molecule is CN1CC(=O)N(CC(=O)N2NC(c3ccc(Cl)cc3)=C[C@@H]2c2ccco2)C1=O. The van der Waals surface area contributed by atoms with Crippen molar-refractivity contribution >= 4 is 35.1 Å². The number of halogens is 1. The molecular formula is C19H17ClN4O4. The van der Waals surface area contributed by atoms with Crippen LogP contribution in [0.1, 0.15) is 17.4 Å². The van der Waals surface area contributed by atoms with E-state index in [4.69, 9.17) is 16.0 Å². The lowest BCUT2D eigenvalue weighted by Gasteiger charge is -2.25. The second-order valence-corrected chi connectivity index (χ2v) is 6.98. The van der Waals surface area contributed by atoms with Gasteiger partial charge in [-0.3, -0.25) is 19.9 Å². The van der Waals surface area contributed by atoms with Crippen molar-refractivity contribution in [2.75, 3.05) is 20.1 Å². The zero-order valence-corrected chi connectivity index (χ0v) is 15.7. The van der Waals surface area contributed by atoms with E-state index in [0.717, 1.165) is 10.5 Å². The minimum absolute atomic E-state index is 0.0323. The first kappa shape index (κ1) is 18.1. The number of benzene rings is 1. The van der Waals surface area contributed by atoms with Crippen LogP contribution in [0.5, 0.6) is 0 Å². The number of carbonyl (C=O) groups is 3. The van der Waals surface area contributed by atoms with E-state index in [1.807, 2.05) is 18.2 Å². The molecule has 9 heteroatoms. The molecule has 1 fully saturated rings. The van der Waals surface area contributed by atoms with E-state index in [2.05, 4.69) is 5.43 Å². The predicted octanol–water partition coefficient (Wildman–Crippen LogP) is 2.26. The van der Waals surface area contributed by atoms with Gasteiger partial charge in [0, 0.05) is 12.1 Å².